The Balaban J connectivity index is 1.55. The zero-order chi connectivity index (χ0) is 31.2. The molecule has 0 spiro atoms. The number of ether oxygens (including phenoxy) is 1. The van der Waals surface area contributed by atoms with Crippen LogP contribution in [0.5, 0.6) is 0 Å². The number of carbonyl (C=O) groups is 2. The van der Waals surface area contributed by atoms with Gasteiger partial charge < -0.3 is 30.5 Å². The molecule has 2 heterocycles. The Hall–Kier alpha value is -4.47. The Morgan fingerprint density at radius 3 is 2.74 bits per heavy atom. The largest absolute Gasteiger partial charge is 0.385 e. The third-order valence-electron chi connectivity index (χ3n) is 6.65. The molecule has 1 aromatic carbocycles. The summed E-state index contributed by atoms with van der Waals surface area (Å²) in [5, 5.41) is 14.8. The predicted molar refractivity (Wildman–Crippen MR) is 170 cm³/mol. The molecule has 12 nitrogen and oxygen atoms in total. The van der Waals surface area contributed by atoms with Gasteiger partial charge >= 0.3 is 0 Å². The van der Waals surface area contributed by atoms with Gasteiger partial charge in [-0.2, -0.15) is 10.1 Å². The van der Waals surface area contributed by atoms with Crippen LogP contribution in [0.2, 0.25) is 0 Å². The first-order chi connectivity index (χ1) is 20.7. The van der Waals surface area contributed by atoms with E-state index in [2.05, 4.69) is 42.9 Å². The number of methoxy groups -OCH3 is 1. The Morgan fingerprint density at radius 2 is 1.98 bits per heavy atom. The van der Waals surface area contributed by atoms with E-state index in [4.69, 9.17) is 4.74 Å². The number of benzene rings is 1. The second kappa shape index (κ2) is 16.8. The Bertz CT molecular complexity index is 1460. The first-order valence-corrected chi connectivity index (χ1v) is 14.3. The predicted octanol–water partition coefficient (Wildman–Crippen LogP) is 2.77. The van der Waals surface area contributed by atoms with E-state index in [0.29, 0.717) is 56.4 Å². The standard InChI is InChI=1S/C31H43N9O3/c1-23(39(4)28(41)13-10-18-38(2)3)30(42)33-16-9-7-8-12-24-21-34-31(37-29(24)32-17-11-19-43-6)36-26-14-15-27-25(20-26)22-35-40(27)5/h10,13-15,20-23H,7,9,11,16-19H2,1-6H3,(H,33,42)(H2,32,34,36,37)/t23-/m0/s1. The summed E-state index contributed by atoms with van der Waals surface area (Å²) in [6.07, 6.45) is 8.85. The maximum absolute atomic E-state index is 12.5. The van der Waals surface area contributed by atoms with Crippen molar-refractivity contribution in [2.75, 3.05) is 65.1 Å². The number of hydrogen-bond acceptors (Lipinski definition) is 9. The number of anilines is 3. The number of nitrogens with zero attached hydrogens (tertiary/aromatic N) is 6. The third kappa shape index (κ3) is 10.4. The average molecular weight is 590 g/mol. The molecule has 0 unspecified atom stereocenters. The molecule has 3 rings (SSSR count). The first kappa shape index (κ1) is 33.0. The van der Waals surface area contributed by atoms with E-state index in [9.17, 15) is 9.59 Å². The number of aromatic nitrogens is 4. The van der Waals surface area contributed by atoms with Crippen molar-refractivity contribution in [3.8, 4) is 11.8 Å². The molecule has 2 aromatic heterocycles. The number of fused-ring (bicyclic) bond motifs is 1. The summed E-state index contributed by atoms with van der Waals surface area (Å²) in [6.45, 7) is 4.13. The highest BCUT2D eigenvalue weighted by molar-refractivity contribution is 5.92. The molecule has 0 aliphatic rings. The van der Waals surface area contributed by atoms with Crippen molar-refractivity contribution >= 4 is 40.2 Å². The average Bonchev–Trinajstić information content (AvgIpc) is 3.36. The van der Waals surface area contributed by atoms with E-state index in [-0.39, 0.29) is 11.8 Å². The molecule has 2 amide bonds. The molecule has 0 aliphatic heterocycles. The van der Waals surface area contributed by atoms with Crippen molar-refractivity contribution in [3.63, 3.8) is 0 Å². The lowest BCUT2D eigenvalue weighted by Crippen LogP contribution is -2.45. The van der Waals surface area contributed by atoms with Crippen molar-refractivity contribution in [1.29, 1.82) is 0 Å². The number of carbonyl (C=O) groups excluding carboxylic acids is 2. The van der Waals surface area contributed by atoms with E-state index in [1.165, 1.54) is 11.0 Å². The third-order valence-corrected chi connectivity index (χ3v) is 6.65. The maximum Gasteiger partial charge on any atom is 0.246 e. The van der Waals surface area contributed by atoms with Gasteiger partial charge in [-0.15, -0.1) is 0 Å². The van der Waals surface area contributed by atoms with Crippen molar-refractivity contribution in [2.45, 2.75) is 32.2 Å². The van der Waals surface area contributed by atoms with Crippen LogP contribution in [0.15, 0.2) is 42.7 Å². The molecule has 0 bridgehead atoms. The number of likely N-dealkylation sites (N-methyl/N-ethyl adjacent to an activating group) is 2. The topological polar surface area (TPSA) is 130 Å². The highest BCUT2D eigenvalue weighted by Gasteiger charge is 2.20. The number of amides is 2. The van der Waals surface area contributed by atoms with E-state index < -0.39 is 6.04 Å². The summed E-state index contributed by atoms with van der Waals surface area (Å²) < 4.78 is 6.98. The van der Waals surface area contributed by atoms with Crippen LogP contribution in [-0.2, 0) is 21.4 Å². The molecule has 3 aromatic rings. The summed E-state index contributed by atoms with van der Waals surface area (Å²) in [7, 11) is 9.06. The highest BCUT2D eigenvalue weighted by atomic mass is 16.5. The lowest BCUT2D eigenvalue weighted by Gasteiger charge is -2.23. The van der Waals surface area contributed by atoms with Crippen LogP contribution in [0.1, 0.15) is 31.7 Å². The fourth-order valence-corrected chi connectivity index (χ4v) is 4.00. The van der Waals surface area contributed by atoms with Crippen LogP contribution in [-0.4, -0.2) is 102 Å². The van der Waals surface area contributed by atoms with E-state index in [0.717, 1.165) is 23.0 Å². The molecule has 0 saturated heterocycles. The van der Waals surface area contributed by atoms with Gasteiger partial charge in [0.25, 0.3) is 0 Å². The Morgan fingerprint density at radius 1 is 1.16 bits per heavy atom. The number of hydrogen-bond donors (Lipinski definition) is 3. The van der Waals surface area contributed by atoms with Gasteiger partial charge in [0, 0.05) is 71.0 Å². The lowest BCUT2D eigenvalue weighted by molar-refractivity contribution is -0.135. The van der Waals surface area contributed by atoms with Gasteiger partial charge in [-0.05, 0) is 52.1 Å². The number of aryl methyl sites for hydroxylation is 1. The number of nitrogens with one attached hydrogen (secondary N) is 3. The molecule has 0 aliphatic carbocycles. The van der Waals surface area contributed by atoms with Crippen LogP contribution >= 0.6 is 0 Å². The van der Waals surface area contributed by atoms with E-state index in [1.807, 2.05) is 55.1 Å². The Kier molecular flexibility index (Phi) is 12.9. The van der Waals surface area contributed by atoms with Crippen molar-refractivity contribution < 1.29 is 14.3 Å². The zero-order valence-corrected chi connectivity index (χ0v) is 26.0. The van der Waals surface area contributed by atoms with Gasteiger partial charge in [0.15, 0.2) is 0 Å². The fourth-order valence-electron chi connectivity index (χ4n) is 4.00. The van der Waals surface area contributed by atoms with E-state index in [1.54, 1.807) is 33.4 Å². The SMILES string of the molecule is COCCCNc1nc(Nc2ccc3c(cnn3C)c2)ncc1C#CCCCNC(=O)[C@H](C)N(C)C(=O)C=CCN(C)C. The molecule has 3 N–H and O–H groups in total. The minimum Gasteiger partial charge on any atom is -0.385 e. The molecule has 0 radical (unpaired) electrons. The van der Waals surface area contributed by atoms with Crippen LogP contribution in [0.4, 0.5) is 17.5 Å². The van der Waals surface area contributed by atoms with Crippen molar-refractivity contribution in [3.05, 3.63) is 48.3 Å². The van der Waals surface area contributed by atoms with Crippen molar-refractivity contribution in [2.24, 2.45) is 7.05 Å². The maximum atomic E-state index is 12.5. The first-order valence-electron chi connectivity index (χ1n) is 14.3. The highest BCUT2D eigenvalue weighted by Crippen LogP contribution is 2.22. The van der Waals surface area contributed by atoms with Crippen LogP contribution < -0.4 is 16.0 Å². The molecule has 1 atom stereocenters. The summed E-state index contributed by atoms with van der Waals surface area (Å²) >= 11 is 0. The smallest absolute Gasteiger partial charge is 0.246 e. The normalized spacial score (nSPS) is 11.8. The van der Waals surface area contributed by atoms with Crippen LogP contribution in [0.25, 0.3) is 10.9 Å². The van der Waals surface area contributed by atoms with E-state index >= 15 is 0 Å². The van der Waals surface area contributed by atoms with Crippen LogP contribution in [0.3, 0.4) is 0 Å². The summed E-state index contributed by atoms with van der Waals surface area (Å²) in [5.74, 6) is 7.00. The van der Waals surface area contributed by atoms with Gasteiger partial charge in [-0.1, -0.05) is 17.9 Å². The van der Waals surface area contributed by atoms with Crippen molar-refractivity contribution in [1.82, 2.24) is 34.9 Å². The van der Waals surface area contributed by atoms with Gasteiger partial charge in [-0.3, -0.25) is 14.3 Å². The minimum atomic E-state index is -0.579. The molecular weight excluding hydrogens is 546 g/mol. The number of unbranched alkanes of at least 4 members (excludes halogenated alkanes) is 1. The Labute approximate surface area is 253 Å². The second-order valence-electron chi connectivity index (χ2n) is 10.4. The molecule has 12 heteroatoms. The number of rotatable bonds is 15. The van der Waals surface area contributed by atoms with Gasteiger partial charge in [-0.25, -0.2) is 4.98 Å². The molecule has 230 valence electrons. The molecule has 0 saturated carbocycles. The molecular formula is C31H43N9O3. The second-order valence-corrected chi connectivity index (χ2v) is 10.4. The summed E-state index contributed by atoms with van der Waals surface area (Å²) in [5.41, 5.74) is 2.58. The fraction of sp³-hybridized carbons (Fsp3) is 0.452. The van der Waals surface area contributed by atoms with Gasteiger partial charge in [0.05, 0.1) is 23.5 Å². The molecule has 43 heavy (non-hydrogen) atoms. The minimum absolute atomic E-state index is 0.202. The van der Waals surface area contributed by atoms with Gasteiger partial charge in [0.2, 0.25) is 17.8 Å². The zero-order valence-electron chi connectivity index (χ0n) is 26.0. The van der Waals surface area contributed by atoms with Crippen LogP contribution in [0, 0.1) is 11.8 Å². The lowest BCUT2D eigenvalue weighted by atomic mass is 10.2. The summed E-state index contributed by atoms with van der Waals surface area (Å²) in [6, 6.07) is 5.39. The molecule has 0 fully saturated rings. The quantitative estimate of drug-likeness (QED) is 0.139. The summed E-state index contributed by atoms with van der Waals surface area (Å²) in [4.78, 5) is 37.4. The van der Waals surface area contributed by atoms with Gasteiger partial charge in [0.1, 0.15) is 11.9 Å². The monoisotopic (exact) mass is 589 g/mol.